The van der Waals surface area contributed by atoms with Gasteiger partial charge in [0.1, 0.15) is 0 Å². The van der Waals surface area contributed by atoms with E-state index in [-0.39, 0.29) is 0 Å². The first-order chi connectivity index (χ1) is 8.70. The number of aromatic nitrogens is 1. The summed E-state index contributed by atoms with van der Waals surface area (Å²) in [5.41, 5.74) is 3.10. The molecule has 2 aromatic rings. The molecule has 0 aliphatic rings. The molecule has 2 rings (SSSR count). The molecule has 96 valence electrons. The predicted octanol–water partition coefficient (Wildman–Crippen LogP) is 4.12. The Hall–Kier alpha value is -1.06. The molecule has 0 N–H and O–H groups in total. The average molecular weight is 282 g/mol. The molecule has 18 heavy (non-hydrogen) atoms. The Balaban J connectivity index is 2.04. The molecule has 4 heteroatoms. The fourth-order valence-corrected chi connectivity index (χ4v) is 2.83. The van der Waals surface area contributed by atoms with Crippen LogP contribution in [0.5, 0.6) is 5.88 Å². The zero-order valence-electron chi connectivity index (χ0n) is 10.6. The molecule has 0 unspecified atom stereocenters. The zero-order chi connectivity index (χ0) is 13.0. The molecule has 0 spiro atoms. The number of aryl methyl sites for hydroxylation is 2. The number of ether oxygens (including phenoxy) is 1. The Morgan fingerprint density at radius 3 is 2.89 bits per heavy atom. The minimum atomic E-state index is 0.438. The lowest BCUT2D eigenvalue weighted by Crippen LogP contribution is -2.05. The molecular formula is C14H16ClNOS. The lowest BCUT2D eigenvalue weighted by atomic mass is 10.1. The first-order valence-corrected chi connectivity index (χ1v) is 7.30. The van der Waals surface area contributed by atoms with E-state index in [0.29, 0.717) is 18.4 Å². The van der Waals surface area contributed by atoms with Gasteiger partial charge in [0.15, 0.2) is 0 Å². The molecule has 0 aliphatic carbocycles. The predicted molar refractivity (Wildman–Crippen MR) is 76.8 cm³/mol. The van der Waals surface area contributed by atoms with Gasteiger partial charge >= 0.3 is 0 Å². The van der Waals surface area contributed by atoms with Crippen LogP contribution < -0.4 is 4.74 Å². The lowest BCUT2D eigenvalue weighted by molar-refractivity contribution is 0.307. The van der Waals surface area contributed by atoms with Crippen LogP contribution in [-0.4, -0.2) is 11.6 Å². The third kappa shape index (κ3) is 3.24. The van der Waals surface area contributed by atoms with Crippen molar-refractivity contribution in [2.45, 2.75) is 26.1 Å². The van der Waals surface area contributed by atoms with Gasteiger partial charge in [-0.2, -0.15) is 0 Å². The highest BCUT2D eigenvalue weighted by molar-refractivity contribution is 7.09. The van der Waals surface area contributed by atoms with Crippen LogP contribution in [0.4, 0.5) is 0 Å². The van der Waals surface area contributed by atoms with Crippen LogP contribution in [0.2, 0.25) is 0 Å². The number of alkyl halides is 1. The van der Waals surface area contributed by atoms with Gasteiger partial charge in [0.05, 0.1) is 12.5 Å². The van der Waals surface area contributed by atoms with Crippen LogP contribution in [-0.2, 0) is 12.3 Å². The van der Waals surface area contributed by atoms with Gasteiger partial charge in [0, 0.05) is 22.6 Å². The smallest absolute Gasteiger partial charge is 0.218 e. The summed E-state index contributed by atoms with van der Waals surface area (Å²) in [6.07, 6.45) is 0.911. The minimum absolute atomic E-state index is 0.438. The topological polar surface area (TPSA) is 22.1 Å². The van der Waals surface area contributed by atoms with E-state index in [9.17, 15) is 0 Å². The molecule has 0 atom stereocenters. The number of thiophene rings is 1. The lowest BCUT2D eigenvalue weighted by Gasteiger charge is -2.11. The van der Waals surface area contributed by atoms with Gasteiger partial charge in [-0.05, 0) is 36.9 Å². The van der Waals surface area contributed by atoms with Gasteiger partial charge in [0.25, 0.3) is 0 Å². The molecule has 0 amide bonds. The molecule has 0 saturated heterocycles. The van der Waals surface area contributed by atoms with Gasteiger partial charge in [-0.15, -0.1) is 22.9 Å². The molecular weight excluding hydrogens is 266 g/mol. The maximum absolute atomic E-state index is 5.95. The first kappa shape index (κ1) is 13.4. The van der Waals surface area contributed by atoms with Gasteiger partial charge in [-0.3, -0.25) is 0 Å². The second-order valence-corrected chi connectivity index (χ2v) is 5.48. The van der Waals surface area contributed by atoms with Crippen molar-refractivity contribution in [3.05, 3.63) is 45.3 Å². The fourth-order valence-electron chi connectivity index (χ4n) is 1.81. The summed E-state index contributed by atoms with van der Waals surface area (Å²) in [5.74, 6) is 1.12. The van der Waals surface area contributed by atoms with Crippen molar-refractivity contribution in [2.24, 2.45) is 0 Å². The normalized spacial score (nSPS) is 10.6. The second-order valence-electron chi connectivity index (χ2n) is 4.18. The first-order valence-electron chi connectivity index (χ1n) is 5.89. The summed E-state index contributed by atoms with van der Waals surface area (Å²) in [6.45, 7) is 4.65. The van der Waals surface area contributed by atoms with Gasteiger partial charge in [-0.25, -0.2) is 4.98 Å². The van der Waals surface area contributed by atoms with Crippen molar-refractivity contribution >= 4 is 22.9 Å². The molecule has 0 bridgehead atoms. The highest BCUT2D eigenvalue weighted by atomic mass is 35.5. The van der Waals surface area contributed by atoms with Crippen molar-refractivity contribution in [2.75, 3.05) is 6.61 Å². The van der Waals surface area contributed by atoms with E-state index in [4.69, 9.17) is 16.3 Å². The Morgan fingerprint density at radius 2 is 2.22 bits per heavy atom. The summed E-state index contributed by atoms with van der Waals surface area (Å²) < 4.78 is 5.77. The quantitative estimate of drug-likeness (QED) is 0.769. The van der Waals surface area contributed by atoms with Crippen LogP contribution in [0.15, 0.2) is 23.6 Å². The van der Waals surface area contributed by atoms with E-state index < -0.39 is 0 Å². The number of hydrogen-bond donors (Lipinski definition) is 0. The fraction of sp³-hybridized carbons (Fsp3) is 0.357. The second kappa shape index (κ2) is 6.21. The van der Waals surface area contributed by atoms with E-state index >= 15 is 0 Å². The van der Waals surface area contributed by atoms with Crippen LogP contribution in [0.25, 0.3) is 0 Å². The van der Waals surface area contributed by atoms with Crippen molar-refractivity contribution in [1.82, 2.24) is 4.98 Å². The van der Waals surface area contributed by atoms with E-state index in [0.717, 1.165) is 23.2 Å². The Kier molecular flexibility index (Phi) is 4.61. The molecule has 0 aromatic carbocycles. The van der Waals surface area contributed by atoms with Crippen molar-refractivity contribution in [3.63, 3.8) is 0 Å². The van der Waals surface area contributed by atoms with Gasteiger partial charge < -0.3 is 4.74 Å². The number of rotatable bonds is 5. The zero-order valence-corrected chi connectivity index (χ0v) is 12.1. The summed E-state index contributed by atoms with van der Waals surface area (Å²) in [5, 5.41) is 2.08. The van der Waals surface area contributed by atoms with E-state index in [1.165, 1.54) is 4.88 Å². The summed E-state index contributed by atoms with van der Waals surface area (Å²) in [7, 11) is 0. The molecule has 2 nitrogen and oxygen atoms in total. The standard InChI is InChI=1S/C14H16ClNOS/c1-10-8-11(2)16-14(13(10)9-15)17-6-5-12-4-3-7-18-12/h3-4,7-8H,5-6,9H2,1-2H3. The maximum Gasteiger partial charge on any atom is 0.218 e. The number of nitrogens with zero attached hydrogens (tertiary/aromatic N) is 1. The largest absolute Gasteiger partial charge is 0.477 e. The molecule has 2 aromatic heterocycles. The molecule has 0 saturated carbocycles. The summed E-state index contributed by atoms with van der Waals surface area (Å²) in [6, 6.07) is 6.20. The number of halogens is 1. The minimum Gasteiger partial charge on any atom is -0.477 e. The van der Waals surface area contributed by atoms with Crippen molar-refractivity contribution < 1.29 is 4.74 Å². The van der Waals surface area contributed by atoms with Crippen LogP contribution in [0.3, 0.4) is 0 Å². The Labute approximate surface area is 117 Å². The molecule has 0 aliphatic heterocycles. The Morgan fingerprint density at radius 1 is 1.39 bits per heavy atom. The van der Waals surface area contributed by atoms with E-state index in [1.54, 1.807) is 11.3 Å². The van der Waals surface area contributed by atoms with E-state index in [1.807, 2.05) is 19.9 Å². The van der Waals surface area contributed by atoms with Crippen molar-refractivity contribution in [3.8, 4) is 5.88 Å². The third-order valence-corrected chi connectivity index (χ3v) is 3.94. The third-order valence-electron chi connectivity index (χ3n) is 2.74. The highest BCUT2D eigenvalue weighted by Gasteiger charge is 2.09. The summed E-state index contributed by atoms with van der Waals surface area (Å²) >= 11 is 7.70. The van der Waals surface area contributed by atoms with E-state index in [2.05, 4.69) is 22.5 Å². The average Bonchev–Trinajstić information content (AvgIpc) is 2.81. The van der Waals surface area contributed by atoms with Crippen molar-refractivity contribution in [1.29, 1.82) is 0 Å². The molecule has 0 fully saturated rings. The molecule has 2 heterocycles. The number of pyridine rings is 1. The molecule has 0 radical (unpaired) electrons. The highest BCUT2D eigenvalue weighted by Crippen LogP contribution is 2.23. The van der Waals surface area contributed by atoms with Gasteiger partial charge in [0.2, 0.25) is 5.88 Å². The van der Waals surface area contributed by atoms with Crippen LogP contribution in [0, 0.1) is 13.8 Å². The summed E-state index contributed by atoms with van der Waals surface area (Å²) in [4.78, 5) is 5.75. The van der Waals surface area contributed by atoms with Gasteiger partial charge in [-0.1, -0.05) is 6.07 Å². The SMILES string of the molecule is Cc1cc(C)c(CCl)c(OCCc2cccs2)n1. The van der Waals surface area contributed by atoms with Crippen LogP contribution >= 0.6 is 22.9 Å². The monoisotopic (exact) mass is 281 g/mol. The maximum atomic E-state index is 5.95. The number of hydrogen-bond acceptors (Lipinski definition) is 3. The van der Waals surface area contributed by atoms with Crippen LogP contribution in [0.1, 0.15) is 21.7 Å². The Bertz CT molecular complexity index is 511.